The van der Waals surface area contributed by atoms with E-state index in [1.165, 1.54) is 6.92 Å². The second-order valence-electron chi connectivity index (χ2n) is 5.18. The van der Waals surface area contributed by atoms with Gasteiger partial charge in [-0.3, -0.25) is 4.79 Å². The smallest absolute Gasteiger partial charge is 0.305 e. The molecular formula is C12H22O3. The first-order chi connectivity index (χ1) is 6.85. The Morgan fingerprint density at radius 2 is 2.07 bits per heavy atom. The van der Waals surface area contributed by atoms with E-state index in [2.05, 4.69) is 20.8 Å². The molecule has 0 spiro atoms. The van der Waals surface area contributed by atoms with E-state index in [-0.39, 0.29) is 5.92 Å². The highest BCUT2D eigenvalue weighted by Gasteiger charge is 2.45. The van der Waals surface area contributed by atoms with Crippen LogP contribution in [0.3, 0.4) is 0 Å². The van der Waals surface area contributed by atoms with Crippen LogP contribution < -0.4 is 0 Å². The largest absolute Gasteiger partial charge is 0.433 e. The van der Waals surface area contributed by atoms with Crippen LogP contribution in [0.15, 0.2) is 0 Å². The van der Waals surface area contributed by atoms with Crippen molar-refractivity contribution in [1.29, 1.82) is 0 Å². The molecule has 3 nitrogen and oxygen atoms in total. The van der Waals surface area contributed by atoms with Gasteiger partial charge in [0.05, 0.1) is 0 Å². The number of carbonyl (C=O) groups excluding carboxylic acids is 1. The molecule has 0 aromatic carbocycles. The molecule has 1 rings (SSSR count). The molecule has 15 heavy (non-hydrogen) atoms. The lowest BCUT2D eigenvalue weighted by molar-refractivity contribution is -0.254. The molecule has 0 aliphatic heterocycles. The molecule has 0 saturated heterocycles. The van der Waals surface area contributed by atoms with Gasteiger partial charge in [-0.25, -0.2) is 0 Å². The van der Waals surface area contributed by atoms with E-state index in [0.29, 0.717) is 18.3 Å². The van der Waals surface area contributed by atoms with E-state index in [9.17, 15) is 9.90 Å². The van der Waals surface area contributed by atoms with Gasteiger partial charge in [0.1, 0.15) is 0 Å². The van der Waals surface area contributed by atoms with Gasteiger partial charge < -0.3 is 9.84 Å². The summed E-state index contributed by atoms with van der Waals surface area (Å²) in [5, 5.41) is 10.4. The summed E-state index contributed by atoms with van der Waals surface area (Å²) >= 11 is 0. The van der Waals surface area contributed by atoms with Crippen molar-refractivity contribution in [2.45, 2.75) is 52.7 Å². The summed E-state index contributed by atoms with van der Waals surface area (Å²) in [6, 6.07) is 0. The molecule has 1 aliphatic rings. The minimum Gasteiger partial charge on any atom is -0.433 e. The van der Waals surface area contributed by atoms with Gasteiger partial charge in [-0.15, -0.1) is 0 Å². The maximum Gasteiger partial charge on any atom is 0.305 e. The Morgan fingerprint density at radius 3 is 2.53 bits per heavy atom. The van der Waals surface area contributed by atoms with E-state index in [1.807, 2.05) is 0 Å². The number of ether oxygens (including phenoxy) is 1. The molecule has 88 valence electrons. The van der Waals surface area contributed by atoms with Gasteiger partial charge >= 0.3 is 5.97 Å². The molecule has 0 bridgehead atoms. The van der Waals surface area contributed by atoms with Gasteiger partial charge in [-0.1, -0.05) is 20.8 Å². The Hall–Kier alpha value is -0.570. The Balaban J connectivity index is 2.80. The second-order valence-corrected chi connectivity index (χ2v) is 5.18. The minimum absolute atomic E-state index is 0.0672. The fraction of sp³-hybridized carbons (Fsp3) is 0.917. The Bertz CT molecular complexity index is 237. The third-order valence-corrected chi connectivity index (χ3v) is 3.32. The van der Waals surface area contributed by atoms with Crippen LogP contribution in [0.2, 0.25) is 0 Å². The highest BCUT2D eigenvalue weighted by atomic mass is 16.7. The van der Waals surface area contributed by atoms with E-state index >= 15 is 0 Å². The molecule has 0 aromatic rings. The zero-order valence-corrected chi connectivity index (χ0v) is 10.1. The second kappa shape index (κ2) is 4.52. The lowest BCUT2D eigenvalue weighted by Gasteiger charge is -2.43. The Labute approximate surface area is 91.8 Å². The molecular weight excluding hydrogens is 192 g/mol. The van der Waals surface area contributed by atoms with Gasteiger partial charge in [-0.2, -0.15) is 0 Å². The van der Waals surface area contributed by atoms with Gasteiger partial charge in [0.2, 0.25) is 5.79 Å². The van der Waals surface area contributed by atoms with Crippen LogP contribution in [0.25, 0.3) is 0 Å². The third kappa shape index (κ3) is 2.94. The molecule has 1 aliphatic carbocycles. The fourth-order valence-corrected chi connectivity index (χ4v) is 2.66. The van der Waals surface area contributed by atoms with Crippen molar-refractivity contribution in [3.8, 4) is 0 Å². The maximum atomic E-state index is 11.0. The lowest BCUT2D eigenvalue weighted by atomic mass is 9.73. The molecule has 3 unspecified atom stereocenters. The van der Waals surface area contributed by atoms with Gasteiger partial charge in [0.25, 0.3) is 0 Å². The lowest BCUT2D eigenvalue weighted by Crippen LogP contribution is -2.48. The van der Waals surface area contributed by atoms with Crippen LogP contribution in [0.4, 0.5) is 0 Å². The number of aliphatic hydroxyl groups is 1. The van der Waals surface area contributed by atoms with Crippen molar-refractivity contribution >= 4 is 5.97 Å². The van der Waals surface area contributed by atoms with Crippen LogP contribution in [0.5, 0.6) is 0 Å². The highest BCUT2D eigenvalue weighted by molar-refractivity contribution is 5.66. The van der Waals surface area contributed by atoms with Crippen LogP contribution >= 0.6 is 0 Å². The van der Waals surface area contributed by atoms with Crippen LogP contribution in [-0.4, -0.2) is 16.9 Å². The molecule has 3 atom stereocenters. The first-order valence-electron chi connectivity index (χ1n) is 5.77. The van der Waals surface area contributed by atoms with Gasteiger partial charge in [-0.05, 0) is 24.7 Å². The standard InChI is InChI=1S/C12H22O3/c1-8(2)11-6-5-9(3)7-12(11,14)15-10(4)13/h8-9,11,14H,5-7H2,1-4H3. The first kappa shape index (κ1) is 12.5. The summed E-state index contributed by atoms with van der Waals surface area (Å²) in [5.41, 5.74) is 0. The first-order valence-corrected chi connectivity index (χ1v) is 5.77. The summed E-state index contributed by atoms with van der Waals surface area (Å²) in [6.45, 7) is 7.57. The minimum atomic E-state index is -1.24. The summed E-state index contributed by atoms with van der Waals surface area (Å²) in [5.74, 6) is -0.807. The number of hydrogen-bond donors (Lipinski definition) is 1. The molecule has 1 saturated carbocycles. The van der Waals surface area contributed by atoms with Crippen molar-refractivity contribution in [1.82, 2.24) is 0 Å². The number of rotatable bonds is 2. The van der Waals surface area contributed by atoms with E-state index < -0.39 is 11.8 Å². The molecule has 0 aromatic heterocycles. The molecule has 1 fully saturated rings. The van der Waals surface area contributed by atoms with E-state index in [1.54, 1.807) is 0 Å². The van der Waals surface area contributed by atoms with Crippen molar-refractivity contribution in [3.05, 3.63) is 0 Å². The molecule has 3 heteroatoms. The average Bonchev–Trinajstić information content (AvgIpc) is 1.99. The third-order valence-electron chi connectivity index (χ3n) is 3.32. The maximum absolute atomic E-state index is 11.0. The molecule has 0 heterocycles. The predicted octanol–water partition coefficient (Wildman–Crippen LogP) is 2.33. The Kier molecular flexibility index (Phi) is 3.77. The SMILES string of the molecule is CC(=O)OC1(O)CC(C)CCC1C(C)C. The summed E-state index contributed by atoms with van der Waals surface area (Å²) < 4.78 is 5.14. The summed E-state index contributed by atoms with van der Waals surface area (Å²) in [6.07, 6.45) is 2.60. The summed E-state index contributed by atoms with van der Waals surface area (Å²) in [7, 11) is 0. The zero-order chi connectivity index (χ0) is 11.6. The number of hydrogen-bond acceptors (Lipinski definition) is 3. The highest BCUT2D eigenvalue weighted by Crippen LogP contribution is 2.41. The molecule has 0 amide bonds. The Morgan fingerprint density at radius 1 is 1.47 bits per heavy atom. The topological polar surface area (TPSA) is 46.5 Å². The van der Waals surface area contributed by atoms with Crippen molar-refractivity contribution in [2.75, 3.05) is 0 Å². The van der Waals surface area contributed by atoms with E-state index in [0.717, 1.165) is 12.8 Å². The van der Waals surface area contributed by atoms with Crippen molar-refractivity contribution < 1.29 is 14.6 Å². The van der Waals surface area contributed by atoms with Crippen LogP contribution in [-0.2, 0) is 9.53 Å². The van der Waals surface area contributed by atoms with Gasteiger partial charge in [0.15, 0.2) is 0 Å². The fourth-order valence-electron chi connectivity index (χ4n) is 2.66. The normalized spacial score (nSPS) is 36.7. The van der Waals surface area contributed by atoms with Crippen LogP contribution in [0.1, 0.15) is 47.0 Å². The predicted molar refractivity (Wildman–Crippen MR) is 58.1 cm³/mol. The van der Waals surface area contributed by atoms with Crippen LogP contribution in [0, 0.1) is 17.8 Å². The molecule has 0 radical (unpaired) electrons. The van der Waals surface area contributed by atoms with E-state index in [4.69, 9.17) is 4.74 Å². The van der Waals surface area contributed by atoms with Crippen molar-refractivity contribution in [2.24, 2.45) is 17.8 Å². The van der Waals surface area contributed by atoms with Crippen molar-refractivity contribution in [3.63, 3.8) is 0 Å². The monoisotopic (exact) mass is 214 g/mol. The zero-order valence-electron chi connectivity index (χ0n) is 10.1. The average molecular weight is 214 g/mol. The molecule has 1 N–H and O–H groups in total. The number of esters is 1. The number of carbonyl (C=O) groups is 1. The quantitative estimate of drug-likeness (QED) is 0.567. The van der Waals surface area contributed by atoms with Gasteiger partial charge in [0, 0.05) is 19.3 Å². The summed E-state index contributed by atoms with van der Waals surface area (Å²) in [4.78, 5) is 11.0.